The highest BCUT2D eigenvalue weighted by molar-refractivity contribution is 4.78. The first-order chi connectivity index (χ1) is 5.64. The standard InChI is InChI=1S/C10H21NO/c1-3-10(2,12)7-9-5-4-6-11-8-9/h9,11-12H,3-8H2,1-2H3. The summed E-state index contributed by atoms with van der Waals surface area (Å²) in [7, 11) is 0. The summed E-state index contributed by atoms with van der Waals surface area (Å²) in [6, 6.07) is 0. The summed E-state index contributed by atoms with van der Waals surface area (Å²) in [4.78, 5) is 0. The van der Waals surface area contributed by atoms with Crippen LogP contribution in [0.15, 0.2) is 0 Å². The van der Waals surface area contributed by atoms with Gasteiger partial charge in [0.25, 0.3) is 0 Å². The van der Waals surface area contributed by atoms with Crippen LogP contribution in [0.1, 0.15) is 39.5 Å². The van der Waals surface area contributed by atoms with E-state index in [-0.39, 0.29) is 0 Å². The quantitative estimate of drug-likeness (QED) is 0.675. The number of aliphatic hydroxyl groups is 1. The van der Waals surface area contributed by atoms with Crippen molar-refractivity contribution in [1.82, 2.24) is 5.32 Å². The van der Waals surface area contributed by atoms with Crippen molar-refractivity contribution in [2.75, 3.05) is 13.1 Å². The predicted octanol–water partition coefficient (Wildman–Crippen LogP) is 1.54. The smallest absolute Gasteiger partial charge is 0.0620 e. The van der Waals surface area contributed by atoms with E-state index in [1.54, 1.807) is 0 Å². The second-order valence-electron chi connectivity index (χ2n) is 4.27. The highest BCUT2D eigenvalue weighted by Gasteiger charge is 2.24. The second-order valence-corrected chi connectivity index (χ2v) is 4.27. The number of hydrogen-bond donors (Lipinski definition) is 2. The molecule has 0 aromatic heterocycles. The fourth-order valence-electron chi connectivity index (χ4n) is 1.86. The molecule has 2 N–H and O–H groups in total. The van der Waals surface area contributed by atoms with Gasteiger partial charge in [-0.05, 0) is 51.6 Å². The Morgan fingerprint density at radius 2 is 2.33 bits per heavy atom. The summed E-state index contributed by atoms with van der Waals surface area (Å²) in [5.41, 5.74) is -0.441. The summed E-state index contributed by atoms with van der Waals surface area (Å²) in [5.74, 6) is 0.689. The van der Waals surface area contributed by atoms with Gasteiger partial charge in [0.2, 0.25) is 0 Å². The van der Waals surface area contributed by atoms with Gasteiger partial charge < -0.3 is 10.4 Å². The molecule has 1 fully saturated rings. The van der Waals surface area contributed by atoms with E-state index in [9.17, 15) is 5.11 Å². The molecule has 2 nitrogen and oxygen atoms in total. The Bertz CT molecular complexity index is 128. The largest absolute Gasteiger partial charge is 0.390 e. The fraction of sp³-hybridized carbons (Fsp3) is 1.00. The van der Waals surface area contributed by atoms with E-state index in [1.807, 2.05) is 6.92 Å². The van der Waals surface area contributed by atoms with Crippen LogP contribution >= 0.6 is 0 Å². The first-order valence-electron chi connectivity index (χ1n) is 5.07. The maximum atomic E-state index is 9.85. The molecule has 12 heavy (non-hydrogen) atoms. The number of piperidine rings is 1. The van der Waals surface area contributed by atoms with Crippen molar-refractivity contribution in [3.8, 4) is 0 Å². The predicted molar refractivity (Wildman–Crippen MR) is 51.1 cm³/mol. The van der Waals surface area contributed by atoms with Gasteiger partial charge in [-0.2, -0.15) is 0 Å². The van der Waals surface area contributed by atoms with Crippen LogP contribution < -0.4 is 5.32 Å². The molecule has 1 rings (SSSR count). The van der Waals surface area contributed by atoms with E-state index in [1.165, 1.54) is 12.8 Å². The van der Waals surface area contributed by atoms with E-state index in [2.05, 4.69) is 12.2 Å². The molecule has 0 spiro atoms. The third kappa shape index (κ3) is 3.11. The van der Waals surface area contributed by atoms with E-state index >= 15 is 0 Å². The lowest BCUT2D eigenvalue weighted by Crippen LogP contribution is -2.35. The lowest BCUT2D eigenvalue weighted by molar-refractivity contribution is 0.0262. The summed E-state index contributed by atoms with van der Waals surface area (Å²) in [6.07, 6.45) is 4.37. The number of rotatable bonds is 3. The van der Waals surface area contributed by atoms with Gasteiger partial charge in [-0.3, -0.25) is 0 Å². The minimum atomic E-state index is -0.441. The Morgan fingerprint density at radius 1 is 1.58 bits per heavy atom. The van der Waals surface area contributed by atoms with Crippen molar-refractivity contribution in [2.45, 2.75) is 45.1 Å². The SMILES string of the molecule is CCC(C)(O)CC1CCCNC1. The first kappa shape index (κ1) is 10.0. The van der Waals surface area contributed by atoms with Gasteiger partial charge in [-0.1, -0.05) is 6.92 Å². The molecular formula is C10H21NO. The maximum absolute atomic E-state index is 9.85. The van der Waals surface area contributed by atoms with E-state index < -0.39 is 5.60 Å². The zero-order valence-electron chi connectivity index (χ0n) is 8.27. The van der Waals surface area contributed by atoms with Crippen LogP contribution in [0.4, 0.5) is 0 Å². The highest BCUT2D eigenvalue weighted by atomic mass is 16.3. The van der Waals surface area contributed by atoms with Crippen LogP contribution in [0, 0.1) is 5.92 Å². The summed E-state index contributed by atoms with van der Waals surface area (Å²) >= 11 is 0. The zero-order valence-corrected chi connectivity index (χ0v) is 8.27. The van der Waals surface area contributed by atoms with Crippen LogP contribution in [0.5, 0.6) is 0 Å². The Labute approximate surface area is 75.4 Å². The average molecular weight is 171 g/mol. The third-order valence-corrected chi connectivity index (χ3v) is 2.89. The van der Waals surface area contributed by atoms with Crippen LogP contribution in [0.25, 0.3) is 0 Å². The molecule has 0 saturated carbocycles. The molecule has 2 heteroatoms. The monoisotopic (exact) mass is 171 g/mol. The molecule has 0 amide bonds. The molecule has 72 valence electrons. The Morgan fingerprint density at radius 3 is 2.83 bits per heavy atom. The van der Waals surface area contributed by atoms with Crippen molar-refractivity contribution in [3.63, 3.8) is 0 Å². The Hall–Kier alpha value is -0.0800. The molecule has 1 saturated heterocycles. The maximum Gasteiger partial charge on any atom is 0.0620 e. The van der Waals surface area contributed by atoms with Crippen molar-refractivity contribution in [3.05, 3.63) is 0 Å². The zero-order chi connectivity index (χ0) is 9.03. The molecule has 1 aliphatic rings. The minimum Gasteiger partial charge on any atom is -0.390 e. The molecule has 2 unspecified atom stereocenters. The van der Waals surface area contributed by atoms with E-state index in [4.69, 9.17) is 0 Å². The molecule has 1 aliphatic heterocycles. The lowest BCUT2D eigenvalue weighted by atomic mass is 9.86. The Kier molecular flexibility index (Phi) is 3.53. The molecule has 1 heterocycles. The van der Waals surface area contributed by atoms with E-state index in [0.717, 1.165) is 25.9 Å². The number of nitrogens with one attached hydrogen (secondary N) is 1. The normalized spacial score (nSPS) is 29.8. The van der Waals surface area contributed by atoms with Gasteiger partial charge in [-0.15, -0.1) is 0 Å². The fourth-order valence-corrected chi connectivity index (χ4v) is 1.86. The molecule has 2 atom stereocenters. The lowest BCUT2D eigenvalue weighted by Gasteiger charge is -2.30. The van der Waals surface area contributed by atoms with Gasteiger partial charge in [0.1, 0.15) is 0 Å². The molecular weight excluding hydrogens is 150 g/mol. The van der Waals surface area contributed by atoms with Gasteiger partial charge in [0.05, 0.1) is 5.60 Å². The van der Waals surface area contributed by atoms with Crippen molar-refractivity contribution in [2.24, 2.45) is 5.92 Å². The van der Waals surface area contributed by atoms with E-state index in [0.29, 0.717) is 5.92 Å². The van der Waals surface area contributed by atoms with Crippen LogP contribution in [-0.2, 0) is 0 Å². The summed E-state index contributed by atoms with van der Waals surface area (Å²) in [5, 5.41) is 13.2. The van der Waals surface area contributed by atoms with Gasteiger partial charge in [0, 0.05) is 0 Å². The molecule has 0 bridgehead atoms. The molecule has 0 aliphatic carbocycles. The summed E-state index contributed by atoms with van der Waals surface area (Å²) in [6.45, 7) is 6.25. The van der Waals surface area contributed by atoms with Gasteiger partial charge in [0.15, 0.2) is 0 Å². The van der Waals surface area contributed by atoms with Crippen LogP contribution in [0.3, 0.4) is 0 Å². The molecule has 0 aromatic carbocycles. The Balaban J connectivity index is 2.28. The van der Waals surface area contributed by atoms with Gasteiger partial charge in [-0.25, -0.2) is 0 Å². The van der Waals surface area contributed by atoms with Crippen molar-refractivity contribution >= 4 is 0 Å². The van der Waals surface area contributed by atoms with Crippen LogP contribution in [0.2, 0.25) is 0 Å². The van der Waals surface area contributed by atoms with Crippen molar-refractivity contribution < 1.29 is 5.11 Å². The number of hydrogen-bond acceptors (Lipinski definition) is 2. The third-order valence-electron chi connectivity index (χ3n) is 2.89. The highest BCUT2D eigenvalue weighted by Crippen LogP contribution is 2.24. The van der Waals surface area contributed by atoms with Gasteiger partial charge >= 0.3 is 0 Å². The molecule has 0 radical (unpaired) electrons. The summed E-state index contributed by atoms with van der Waals surface area (Å²) < 4.78 is 0. The average Bonchev–Trinajstić information content (AvgIpc) is 2.06. The minimum absolute atomic E-state index is 0.441. The molecule has 0 aromatic rings. The first-order valence-corrected chi connectivity index (χ1v) is 5.07. The van der Waals surface area contributed by atoms with Crippen LogP contribution in [-0.4, -0.2) is 23.8 Å². The topological polar surface area (TPSA) is 32.3 Å². The second kappa shape index (κ2) is 4.24. The van der Waals surface area contributed by atoms with Crippen molar-refractivity contribution in [1.29, 1.82) is 0 Å².